The van der Waals surface area contributed by atoms with E-state index in [-0.39, 0.29) is 5.82 Å². The van der Waals surface area contributed by atoms with Crippen LogP contribution in [0.1, 0.15) is 31.7 Å². The first-order valence-electron chi connectivity index (χ1n) is 8.75. The van der Waals surface area contributed by atoms with Crippen molar-refractivity contribution in [1.82, 2.24) is 4.90 Å². The standard InChI is InChI=1S/C20H26F2N2/c1-20(22)8-7-16-14-24(10-2-9-23)19(12-17(16)13-20)11-15-3-5-18(21)6-4-15/h3-7,13,19H,2,8-12,14,23H2,1H3. The van der Waals surface area contributed by atoms with Crippen LogP contribution in [0.25, 0.3) is 0 Å². The molecule has 1 aliphatic heterocycles. The molecular weight excluding hydrogens is 306 g/mol. The average molecular weight is 332 g/mol. The van der Waals surface area contributed by atoms with Crippen molar-refractivity contribution < 1.29 is 8.78 Å². The van der Waals surface area contributed by atoms with E-state index in [0.29, 0.717) is 19.0 Å². The summed E-state index contributed by atoms with van der Waals surface area (Å²) in [5.41, 5.74) is 7.97. The number of hydrogen-bond acceptors (Lipinski definition) is 2. The minimum Gasteiger partial charge on any atom is -0.330 e. The Morgan fingerprint density at radius 3 is 2.71 bits per heavy atom. The molecule has 1 aliphatic carbocycles. The molecule has 1 heterocycles. The summed E-state index contributed by atoms with van der Waals surface area (Å²) < 4.78 is 27.5. The Bertz CT molecular complexity index is 632. The summed E-state index contributed by atoms with van der Waals surface area (Å²) in [6.45, 7) is 4.11. The third kappa shape index (κ3) is 4.11. The van der Waals surface area contributed by atoms with Gasteiger partial charge in [0.05, 0.1) is 0 Å². The van der Waals surface area contributed by atoms with Crippen LogP contribution in [0.5, 0.6) is 0 Å². The zero-order valence-corrected chi connectivity index (χ0v) is 14.3. The summed E-state index contributed by atoms with van der Waals surface area (Å²) in [6.07, 6.45) is 6.96. The number of benzene rings is 1. The van der Waals surface area contributed by atoms with Crippen LogP contribution in [0.15, 0.2) is 47.6 Å². The molecule has 2 atom stereocenters. The van der Waals surface area contributed by atoms with E-state index in [1.54, 1.807) is 13.0 Å². The Morgan fingerprint density at radius 2 is 2.00 bits per heavy atom. The average Bonchev–Trinajstić information content (AvgIpc) is 2.54. The minimum atomic E-state index is -1.24. The molecule has 2 nitrogen and oxygen atoms in total. The Hall–Kier alpha value is -1.52. The second-order valence-corrected chi connectivity index (χ2v) is 7.18. The number of fused-ring (bicyclic) bond motifs is 1. The summed E-state index contributed by atoms with van der Waals surface area (Å²) in [4.78, 5) is 2.44. The van der Waals surface area contributed by atoms with Gasteiger partial charge >= 0.3 is 0 Å². The van der Waals surface area contributed by atoms with Crippen molar-refractivity contribution >= 4 is 0 Å². The van der Waals surface area contributed by atoms with Crippen LogP contribution in [0.2, 0.25) is 0 Å². The number of piperidine rings is 1. The minimum absolute atomic E-state index is 0.212. The lowest BCUT2D eigenvalue weighted by Gasteiger charge is -2.40. The normalized spacial score (nSPS) is 27.4. The maximum atomic E-state index is 14.3. The predicted octanol–water partition coefficient (Wildman–Crippen LogP) is 3.78. The van der Waals surface area contributed by atoms with Crippen LogP contribution < -0.4 is 5.73 Å². The van der Waals surface area contributed by atoms with Gasteiger partial charge in [0.15, 0.2) is 0 Å². The van der Waals surface area contributed by atoms with E-state index in [4.69, 9.17) is 5.73 Å². The molecule has 1 aromatic rings. The molecule has 130 valence electrons. The lowest BCUT2D eigenvalue weighted by molar-refractivity contribution is 0.186. The van der Waals surface area contributed by atoms with Crippen molar-refractivity contribution in [3.05, 3.63) is 58.9 Å². The van der Waals surface area contributed by atoms with Gasteiger partial charge in [0, 0.05) is 25.6 Å². The third-order valence-corrected chi connectivity index (χ3v) is 5.01. The van der Waals surface area contributed by atoms with Crippen molar-refractivity contribution in [2.24, 2.45) is 5.73 Å². The van der Waals surface area contributed by atoms with Gasteiger partial charge in [-0.05, 0) is 67.6 Å². The third-order valence-electron chi connectivity index (χ3n) is 5.01. The van der Waals surface area contributed by atoms with Gasteiger partial charge in [-0.2, -0.15) is 0 Å². The number of nitrogens with two attached hydrogens (primary N) is 1. The largest absolute Gasteiger partial charge is 0.330 e. The molecule has 0 radical (unpaired) electrons. The highest BCUT2D eigenvalue weighted by atomic mass is 19.1. The van der Waals surface area contributed by atoms with Gasteiger partial charge in [0.25, 0.3) is 0 Å². The second-order valence-electron chi connectivity index (χ2n) is 7.18. The fourth-order valence-electron chi connectivity index (χ4n) is 3.71. The maximum absolute atomic E-state index is 14.3. The molecule has 4 heteroatoms. The predicted molar refractivity (Wildman–Crippen MR) is 94.0 cm³/mol. The van der Waals surface area contributed by atoms with Gasteiger partial charge in [0.1, 0.15) is 11.5 Å². The molecule has 2 unspecified atom stereocenters. The highest BCUT2D eigenvalue weighted by Gasteiger charge is 2.33. The van der Waals surface area contributed by atoms with E-state index < -0.39 is 5.67 Å². The molecule has 1 fully saturated rings. The summed E-state index contributed by atoms with van der Waals surface area (Å²) >= 11 is 0. The smallest absolute Gasteiger partial charge is 0.130 e. The first-order valence-corrected chi connectivity index (χ1v) is 8.75. The highest BCUT2D eigenvalue weighted by Crippen LogP contribution is 2.36. The fraction of sp³-hybridized carbons (Fsp3) is 0.500. The van der Waals surface area contributed by atoms with Crippen molar-refractivity contribution in [3.63, 3.8) is 0 Å². The fourth-order valence-corrected chi connectivity index (χ4v) is 3.71. The van der Waals surface area contributed by atoms with Crippen molar-refractivity contribution in [2.45, 2.75) is 44.3 Å². The SMILES string of the molecule is CC1(F)C=C2CC(Cc3ccc(F)cc3)N(CCCN)CC2=CC1. The monoisotopic (exact) mass is 332 g/mol. The van der Waals surface area contributed by atoms with Crippen LogP contribution in [0.3, 0.4) is 0 Å². The molecule has 1 saturated heterocycles. The molecule has 0 spiro atoms. The van der Waals surface area contributed by atoms with E-state index in [2.05, 4.69) is 11.0 Å². The highest BCUT2D eigenvalue weighted by molar-refractivity contribution is 5.41. The Balaban J connectivity index is 1.79. The second kappa shape index (κ2) is 7.16. The Labute approximate surface area is 143 Å². The zero-order chi connectivity index (χ0) is 17.2. The molecule has 3 rings (SSSR count). The van der Waals surface area contributed by atoms with Gasteiger partial charge < -0.3 is 5.73 Å². The van der Waals surface area contributed by atoms with Crippen LogP contribution in [0.4, 0.5) is 8.78 Å². The van der Waals surface area contributed by atoms with Gasteiger partial charge in [-0.15, -0.1) is 0 Å². The van der Waals surface area contributed by atoms with Gasteiger partial charge in [-0.3, -0.25) is 4.90 Å². The number of halogens is 2. The molecule has 0 bridgehead atoms. The van der Waals surface area contributed by atoms with E-state index in [1.165, 1.54) is 17.7 Å². The number of rotatable bonds is 5. The Kier molecular flexibility index (Phi) is 5.16. The van der Waals surface area contributed by atoms with E-state index >= 15 is 0 Å². The lowest BCUT2D eigenvalue weighted by Crippen LogP contribution is -2.44. The number of nitrogens with zero attached hydrogens (tertiary/aromatic N) is 1. The lowest BCUT2D eigenvalue weighted by atomic mass is 9.81. The van der Waals surface area contributed by atoms with Crippen LogP contribution >= 0.6 is 0 Å². The van der Waals surface area contributed by atoms with E-state index in [0.717, 1.165) is 43.5 Å². The molecule has 1 aromatic carbocycles. The van der Waals surface area contributed by atoms with Crippen LogP contribution in [0, 0.1) is 5.82 Å². The zero-order valence-electron chi connectivity index (χ0n) is 14.3. The van der Waals surface area contributed by atoms with Gasteiger partial charge in [-0.25, -0.2) is 8.78 Å². The van der Waals surface area contributed by atoms with E-state index in [1.807, 2.05) is 12.1 Å². The quantitative estimate of drug-likeness (QED) is 0.889. The van der Waals surface area contributed by atoms with Crippen molar-refractivity contribution in [1.29, 1.82) is 0 Å². The molecule has 2 N–H and O–H groups in total. The molecule has 24 heavy (non-hydrogen) atoms. The maximum Gasteiger partial charge on any atom is 0.130 e. The number of alkyl halides is 1. The number of hydrogen-bond donors (Lipinski definition) is 1. The first kappa shape index (κ1) is 17.3. The first-order chi connectivity index (χ1) is 11.5. The molecule has 2 aliphatic rings. The Morgan fingerprint density at radius 1 is 1.25 bits per heavy atom. The van der Waals surface area contributed by atoms with E-state index in [9.17, 15) is 8.78 Å². The van der Waals surface area contributed by atoms with Crippen LogP contribution in [-0.4, -0.2) is 36.2 Å². The number of allylic oxidation sites excluding steroid dienone is 2. The van der Waals surface area contributed by atoms with Gasteiger partial charge in [0.2, 0.25) is 0 Å². The van der Waals surface area contributed by atoms with Crippen molar-refractivity contribution in [3.8, 4) is 0 Å². The molecule has 0 aromatic heterocycles. The molecule has 0 amide bonds. The topological polar surface area (TPSA) is 29.3 Å². The summed E-state index contributed by atoms with van der Waals surface area (Å²) in [6, 6.07) is 7.00. The summed E-state index contributed by atoms with van der Waals surface area (Å²) in [7, 11) is 0. The molecule has 0 saturated carbocycles. The summed E-state index contributed by atoms with van der Waals surface area (Å²) in [5, 5.41) is 0. The molecular formula is C20H26F2N2. The van der Waals surface area contributed by atoms with Gasteiger partial charge in [-0.1, -0.05) is 18.2 Å². The van der Waals surface area contributed by atoms with Crippen molar-refractivity contribution in [2.75, 3.05) is 19.6 Å². The van der Waals surface area contributed by atoms with Crippen LogP contribution in [-0.2, 0) is 6.42 Å². The summed E-state index contributed by atoms with van der Waals surface area (Å²) in [5.74, 6) is -0.212. The number of likely N-dealkylation sites (tertiary alicyclic amines) is 1.